The standard InChI is InChI=1S/C12H13N5O2S/c13-11(19)16-8-3-1-2-7(4-8)15-10(18)5-9-6-20-12(14)17-9/h1-4,6H,5H2,(H2,14,17)(H,15,18)(H3,13,16,19). The molecular weight excluding hydrogens is 278 g/mol. The van der Waals surface area contributed by atoms with Crippen LogP contribution in [0, 0.1) is 0 Å². The van der Waals surface area contributed by atoms with E-state index in [-0.39, 0.29) is 12.3 Å². The van der Waals surface area contributed by atoms with Crippen molar-refractivity contribution in [1.29, 1.82) is 0 Å². The first-order valence-electron chi connectivity index (χ1n) is 5.69. The van der Waals surface area contributed by atoms with E-state index in [1.165, 1.54) is 11.3 Å². The summed E-state index contributed by atoms with van der Waals surface area (Å²) in [7, 11) is 0. The van der Waals surface area contributed by atoms with Crippen LogP contribution in [0.1, 0.15) is 5.69 Å². The Hall–Kier alpha value is -2.61. The van der Waals surface area contributed by atoms with Gasteiger partial charge in [-0.3, -0.25) is 4.79 Å². The van der Waals surface area contributed by atoms with Crippen molar-refractivity contribution in [3.05, 3.63) is 35.3 Å². The lowest BCUT2D eigenvalue weighted by Gasteiger charge is -2.07. The number of nitrogens with two attached hydrogens (primary N) is 2. The van der Waals surface area contributed by atoms with Crippen molar-refractivity contribution in [2.45, 2.75) is 6.42 Å². The molecule has 0 aliphatic rings. The van der Waals surface area contributed by atoms with E-state index in [4.69, 9.17) is 11.5 Å². The van der Waals surface area contributed by atoms with E-state index < -0.39 is 6.03 Å². The summed E-state index contributed by atoms with van der Waals surface area (Å²) >= 11 is 1.29. The SMILES string of the molecule is NC(=O)Nc1cccc(NC(=O)Cc2csc(N)n2)c1. The van der Waals surface area contributed by atoms with Gasteiger partial charge < -0.3 is 22.1 Å². The zero-order valence-electron chi connectivity index (χ0n) is 10.4. The van der Waals surface area contributed by atoms with Crippen molar-refractivity contribution < 1.29 is 9.59 Å². The third-order valence-electron chi connectivity index (χ3n) is 2.33. The van der Waals surface area contributed by atoms with Crippen molar-refractivity contribution in [3.8, 4) is 0 Å². The van der Waals surface area contributed by atoms with Crippen LogP contribution in [-0.2, 0) is 11.2 Å². The molecular formula is C12H13N5O2S. The van der Waals surface area contributed by atoms with Crippen molar-refractivity contribution in [2.75, 3.05) is 16.4 Å². The van der Waals surface area contributed by atoms with Gasteiger partial charge >= 0.3 is 6.03 Å². The largest absolute Gasteiger partial charge is 0.375 e. The molecule has 0 spiro atoms. The third-order valence-corrected chi connectivity index (χ3v) is 3.05. The summed E-state index contributed by atoms with van der Waals surface area (Å²) in [6.45, 7) is 0. The smallest absolute Gasteiger partial charge is 0.316 e. The lowest BCUT2D eigenvalue weighted by atomic mass is 10.2. The molecule has 0 atom stereocenters. The average molecular weight is 291 g/mol. The molecule has 0 aliphatic heterocycles. The predicted molar refractivity (Wildman–Crippen MR) is 78.5 cm³/mol. The predicted octanol–water partition coefficient (Wildman–Crippen LogP) is 1.40. The van der Waals surface area contributed by atoms with Gasteiger partial charge in [0, 0.05) is 16.8 Å². The first-order chi connectivity index (χ1) is 9.52. The van der Waals surface area contributed by atoms with E-state index >= 15 is 0 Å². The molecule has 7 nitrogen and oxygen atoms in total. The minimum atomic E-state index is -0.661. The highest BCUT2D eigenvalue weighted by Gasteiger charge is 2.07. The summed E-state index contributed by atoms with van der Waals surface area (Å²) in [5.74, 6) is -0.216. The monoisotopic (exact) mass is 291 g/mol. The first-order valence-corrected chi connectivity index (χ1v) is 6.57. The highest BCUT2D eigenvalue weighted by atomic mass is 32.1. The number of benzene rings is 1. The molecule has 0 fully saturated rings. The number of rotatable bonds is 4. The van der Waals surface area contributed by atoms with Crippen LogP contribution in [0.2, 0.25) is 0 Å². The third kappa shape index (κ3) is 3.95. The van der Waals surface area contributed by atoms with Crippen LogP contribution in [-0.4, -0.2) is 16.9 Å². The number of nitrogens with zero attached hydrogens (tertiary/aromatic N) is 1. The second-order valence-electron chi connectivity index (χ2n) is 3.97. The van der Waals surface area contributed by atoms with Crippen LogP contribution >= 0.6 is 11.3 Å². The maximum absolute atomic E-state index is 11.8. The van der Waals surface area contributed by atoms with E-state index in [1.807, 2.05) is 0 Å². The molecule has 2 aromatic rings. The Morgan fingerprint density at radius 2 is 1.95 bits per heavy atom. The van der Waals surface area contributed by atoms with Gasteiger partial charge in [0.25, 0.3) is 0 Å². The second-order valence-corrected chi connectivity index (χ2v) is 4.86. The molecule has 1 aromatic carbocycles. The van der Waals surface area contributed by atoms with E-state index in [0.717, 1.165) is 0 Å². The number of primary amides is 1. The summed E-state index contributed by atoms with van der Waals surface area (Å²) in [4.78, 5) is 26.6. The van der Waals surface area contributed by atoms with Crippen LogP contribution in [0.3, 0.4) is 0 Å². The number of nitrogen functional groups attached to an aromatic ring is 1. The number of carbonyl (C=O) groups is 2. The normalized spacial score (nSPS) is 10.0. The topological polar surface area (TPSA) is 123 Å². The Labute approximate surface area is 119 Å². The lowest BCUT2D eigenvalue weighted by molar-refractivity contribution is -0.115. The maximum Gasteiger partial charge on any atom is 0.316 e. The number of thiazole rings is 1. The molecule has 8 heteroatoms. The minimum Gasteiger partial charge on any atom is -0.375 e. The van der Waals surface area contributed by atoms with Crippen molar-refractivity contribution in [2.24, 2.45) is 5.73 Å². The fourth-order valence-corrected chi connectivity index (χ4v) is 2.15. The number of aromatic nitrogens is 1. The van der Waals surface area contributed by atoms with Gasteiger partial charge in [-0.1, -0.05) is 6.07 Å². The van der Waals surface area contributed by atoms with Crippen LogP contribution in [0.5, 0.6) is 0 Å². The van der Waals surface area contributed by atoms with Gasteiger partial charge in [0.1, 0.15) is 0 Å². The second kappa shape index (κ2) is 6.02. The Morgan fingerprint density at radius 1 is 1.25 bits per heavy atom. The van der Waals surface area contributed by atoms with Gasteiger partial charge in [-0.25, -0.2) is 9.78 Å². The number of urea groups is 1. The molecule has 3 amide bonds. The minimum absolute atomic E-state index is 0.140. The van der Waals surface area contributed by atoms with Gasteiger partial charge in [-0.15, -0.1) is 11.3 Å². The number of hydrogen-bond donors (Lipinski definition) is 4. The Morgan fingerprint density at radius 3 is 2.55 bits per heavy atom. The molecule has 0 bridgehead atoms. The zero-order chi connectivity index (χ0) is 14.5. The molecule has 0 radical (unpaired) electrons. The Balaban J connectivity index is 1.98. The van der Waals surface area contributed by atoms with E-state index in [0.29, 0.717) is 22.2 Å². The van der Waals surface area contributed by atoms with Gasteiger partial charge in [0.2, 0.25) is 5.91 Å². The van der Waals surface area contributed by atoms with Crippen molar-refractivity contribution in [1.82, 2.24) is 4.98 Å². The van der Waals surface area contributed by atoms with Gasteiger partial charge in [-0.2, -0.15) is 0 Å². The van der Waals surface area contributed by atoms with Gasteiger partial charge in [-0.05, 0) is 18.2 Å². The number of amides is 3. The zero-order valence-corrected chi connectivity index (χ0v) is 11.2. The number of anilines is 3. The number of hydrogen-bond acceptors (Lipinski definition) is 5. The summed E-state index contributed by atoms with van der Waals surface area (Å²) in [5.41, 5.74) is 12.2. The van der Waals surface area contributed by atoms with E-state index in [1.54, 1.807) is 29.6 Å². The molecule has 1 heterocycles. The van der Waals surface area contributed by atoms with Crippen LogP contribution in [0.15, 0.2) is 29.6 Å². The molecule has 0 saturated carbocycles. The molecule has 1 aromatic heterocycles. The van der Waals surface area contributed by atoms with Crippen LogP contribution in [0.25, 0.3) is 0 Å². The molecule has 2 rings (SSSR count). The molecule has 0 aliphatic carbocycles. The molecule has 6 N–H and O–H groups in total. The number of nitrogens with one attached hydrogen (secondary N) is 2. The Kier molecular flexibility index (Phi) is 4.16. The van der Waals surface area contributed by atoms with Crippen molar-refractivity contribution >= 4 is 39.8 Å². The van der Waals surface area contributed by atoms with Gasteiger partial charge in [0.05, 0.1) is 12.1 Å². The quantitative estimate of drug-likeness (QED) is 0.679. The fraction of sp³-hybridized carbons (Fsp3) is 0.0833. The van der Waals surface area contributed by atoms with E-state index in [2.05, 4.69) is 15.6 Å². The fourth-order valence-electron chi connectivity index (χ4n) is 1.59. The van der Waals surface area contributed by atoms with Crippen LogP contribution in [0.4, 0.5) is 21.3 Å². The summed E-state index contributed by atoms with van der Waals surface area (Å²) < 4.78 is 0. The molecule has 0 unspecified atom stereocenters. The average Bonchev–Trinajstić information content (AvgIpc) is 2.74. The summed E-state index contributed by atoms with van der Waals surface area (Å²) in [6.07, 6.45) is 0.140. The Bertz CT molecular complexity index is 640. The first kappa shape index (κ1) is 13.8. The van der Waals surface area contributed by atoms with Crippen molar-refractivity contribution in [3.63, 3.8) is 0 Å². The summed E-state index contributed by atoms with van der Waals surface area (Å²) in [5, 5.41) is 7.30. The van der Waals surface area contributed by atoms with Crippen LogP contribution < -0.4 is 22.1 Å². The molecule has 0 saturated heterocycles. The van der Waals surface area contributed by atoms with Gasteiger partial charge in [0.15, 0.2) is 5.13 Å². The highest BCUT2D eigenvalue weighted by Crippen LogP contribution is 2.16. The number of carbonyl (C=O) groups excluding carboxylic acids is 2. The molecule has 20 heavy (non-hydrogen) atoms. The molecule has 104 valence electrons. The maximum atomic E-state index is 11.8. The highest BCUT2D eigenvalue weighted by molar-refractivity contribution is 7.13. The summed E-state index contributed by atoms with van der Waals surface area (Å²) in [6, 6.07) is 6.02. The lowest BCUT2D eigenvalue weighted by Crippen LogP contribution is -2.19. The van der Waals surface area contributed by atoms with E-state index in [9.17, 15) is 9.59 Å².